The molecule has 0 saturated carbocycles. The van der Waals surface area contributed by atoms with Crippen molar-refractivity contribution in [3.8, 4) is 61.8 Å². The van der Waals surface area contributed by atoms with Crippen LogP contribution >= 0.6 is 0 Å². The summed E-state index contributed by atoms with van der Waals surface area (Å²) in [6.45, 7) is 0. The third kappa shape index (κ3) is 5.45. The van der Waals surface area contributed by atoms with Gasteiger partial charge < -0.3 is 8.98 Å². The van der Waals surface area contributed by atoms with Crippen LogP contribution in [0.25, 0.3) is 102 Å². The fourth-order valence-electron chi connectivity index (χ4n) is 8.64. The molecule has 0 aliphatic heterocycles. The molecule has 9 aromatic rings. The quantitative estimate of drug-likeness (QED) is 0.172. The first-order chi connectivity index (χ1) is 27.8. The molecular formula is C52H37N3O. The summed E-state index contributed by atoms with van der Waals surface area (Å²) in [6.07, 6.45) is 13.2. The topological polar surface area (TPSA) is 43.9 Å². The zero-order chi connectivity index (χ0) is 37.0. The lowest BCUT2D eigenvalue weighted by atomic mass is 9.98. The lowest BCUT2D eigenvalue weighted by Gasteiger charge is -2.12. The lowest BCUT2D eigenvalue weighted by molar-refractivity contribution is 0.545. The average molecular weight is 720 g/mol. The second-order valence-electron chi connectivity index (χ2n) is 14.7. The van der Waals surface area contributed by atoms with Gasteiger partial charge in [0.15, 0.2) is 11.4 Å². The molecule has 56 heavy (non-hydrogen) atoms. The number of hydrogen-bond acceptors (Lipinski definition) is 3. The maximum atomic E-state index is 6.67. The van der Waals surface area contributed by atoms with E-state index in [-0.39, 0.29) is 0 Å². The number of para-hydroxylation sites is 1. The van der Waals surface area contributed by atoms with E-state index in [4.69, 9.17) is 14.4 Å². The fraction of sp³-hybridized carbons (Fsp3) is 0.0769. The zero-order valence-corrected chi connectivity index (χ0v) is 30.8. The molecule has 0 bridgehead atoms. The molecule has 266 valence electrons. The molecule has 4 nitrogen and oxygen atoms in total. The summed E-state index contributed by atoms with van der Waals surface area (Å²) in [4.78, 5) is 10.7. The highest BCUT2D eigenvalue weighted by molar-refractivity contribution is 6.00. The molecule has 0 spiro atoms. The Kier molecular flexibility index (Phi) is 7.73. The van der Waals surface area contributed by atoms with Crippen molar-refractivity contribution in [1.29, 1.82) is 0 Å². The van der Waals surface area contributed by atoms with Crippen LogP contribution in [0.1, 0.15) is 30.6 Å². The molecule has 0 N–H and O–H groups in total. The van der Waals surface area contributed by atoms with Crippen LogP contribution in [0, 0.1) is 0 Å². The van der Waals surface area contributed by atoms with Crippen LogP contribution in [0.3, 0.4) is 0 Å². The summed E-state index contributed by atoms with van der Waals surface area (Å²) in [6, 6.07) is 53.7. The minimum Gasteiger partial charge on any atom is -0.458 e. The van der Waals surface area contributed by atoms with Crippen molar-refractivity contribution in [2.24, 2.45) is 0 Å². The molecule has 0 saturated heterocycles. The highest BCUT2D eigenvalue weighted by Crippen LogP contribution is 2.37. The first-order valence-electron chi connectivity index (χ1n) is 19.5. The van der Waals surface area contributed by atoms with Gasteiger partial charge in [0.1, 0.15) is 5.76 Å². The summed E-state index contributed by atoms with van der Waals surface area (Å²) >= 11 is 0. The predicted octanol–water partition coefficient (Wildman–Crippen LogP) is 11.8. The lowest BCUT2D eigenvalue weighted by Crippen LogP contribution is -2.30. The third-order valence-electron chi connectivity index (χ3n) is 11.3. The van der Waals surface area contributed by atoms with Crippen molar-refractivity contribution in [1.82, 2.24) is 14.5 Å². The number of fused-ring (bicyclic) bond motifs is 6. The Morgan fingerprint density at radius 2 is 1.18 bits per heavy atom. The Morgan fingerprint density at radius 1 is 0.536 bits per heavy atom. The van der Waals surface area contributed by atoms with Gasteiger partial charge in [0, 0.05) is 50.0 Å². The number of allylic oxidation sites excluding steroid dienone is 1. The first-order valence-corrected chi connectivity index (χ1v) is 19.5. The van der Waals surface area contributed by atoms with Crippen LogP contribution in [0.5, 0.6) is 0 Å². The van der Waals surface area contributed by atoms with E-state index in [0.717, 1.165) is 87.3 Å². The van der Waals surface area contributed by atoms with E-state index < -0.39 is 0 Å². The SMILES string of the molecule is C1=Cc2c(oc3c(-n4c5c(c6c(-c7nc(-c8ccccc8)cc(-c8ccc(-c9cccc(-c%10ccccc%10)c9)cc8)n7)cccc64)=CCCC=5)cccc23)CC1. The Balaban J connectivity index is 1.07. The largest absolute Gasteiger partial charge is 0.458 e. The molecule has 2 aliphatic carbocycles. The zero-order valence-electron chi connectivity index (χ0n) is 30.8. The van der Waals surface area contributed by atoms with E-state index in [1.54, 1.807) is 0 Å². The minimum atomic E-state index is 0.710. The van der Waals surface area contributed by atoms with Gasteiger partial charge in [0.05, 0.1) is 22.6 Å². The van der Waals surface area contributed by atoms with Crippen molar-refractivity contribution >= 4 is 40.1 Å². The second-order valence-corrected chi connectivity index (χ2v) is 14.7. The van der Waals surface area contributed by atoms with Crippen molar-refractivity contribution in [3.05, 3.63) is 180 Å². The molecule has 0 unspecified atom stereocenters. The third-order valence-corrected chi connectivity index (χ3v) is 11.3. The summed E-state index contributed by atoms with van der Waals surface area (Å²) in [5, 5.41) is 4.75. The Labute approximate surface area is 325 Å². The smallest absolute Gasteiger partial charge is 0.161 e. The minimum absolute atomic E-state index is 0.710. The van der Waals surface area contributed by atoms with Crippen LogP contribution < -0.4 is 10.6 Å². The number of aromatic nitrogens is 3. The van der Waals surface area contributed by atoms with E-state index in [9.17, 15) is 0 Å². The van der Waals surface area contributed by atoms with Gasteiger partial charge in [0.2, 0.25) is 0 Å². The molecule has 3 heterocycles. The maximum absolute atomic E-state index is 6.67. The normalized spacial score (nSPS) is 13.3. The number of hydrogen-bond donors (Lipinski definition) is 0. The molecular weight excluding hydrogens is 683 g/mol. The van der Waals surface area contributed by atoms with Crippen LogP contribution in [0.4, 0.5) is 0 Å². The average Bonchev–Trinajstić information content (AvgIpc) is 3.83. The highest BCUT2D eigenvalue weighted by Gasteiger charge is 2.22. The van der Waals surface area contributed by atoms with E-state index >= 15 is 0 Å². The monoisotopic (exact) mass is 719 g/mol. The molecule has 6 aromatic carbocycles. The van der Waals surface area contributed by atoms with Crippen LogP contribution in [0.15, 0.2) is 162 Å². The summed E-state index contributed by atoms with van der Waals surface area (Å²) in [7, 11) is 0. The molecule has 0 fully saturated rings. The van der Waals surface area contributed by atoms with Crippen molar-refractivity contribution < 1.29 is 4.42 Å². The predicted molar refractivity (Wildman–Crippen MR) is 231 cm³/mol. The van der Waals surface area contributed by atoms with Gasteiger partial charge in [-0.3, -0.25) is 0 Å². The van der Waals surface area contributed by atoms with Crippen LogP contribution in [-0.4, -0.2) is 14.5 Å². The fourth-order valence-corrected chi connectivity index (χ4v) is 8.64. The molecule has 2 aliphatic rings. The standard InChI is InChI=1S/C52H37N3O/c1-3-14-34(15-4-1)38-18-11-19-39(32-38)35-28-30-37(31-29-35)45-33-44(36-16-5-2-6-17-36)53-52(54-45)43-23-13-25-47-50(43)42-21-7-9-24-46(42)55(47)48-26-12-22-41-40-20-8-10-27-49(40)56-51(41)48/h1-6,8,11-26,28-33H,7,9-10,27H2. The van der Waals surface area contributed by atoms with Crippen LogP contribution in [-0.2, 0) is 6.42 Å². The first kappa shape index (κ1) is 32.4. The summed E-state index contributed by atoms with van der Waals surface area (Å²) in [5.41, 5.74) is 14.0. The van der Waals surface area contributed by atoms with E-state index in [1.165, 1.54) is 38.2 Å². The number of benzene rings is 6. The van der Waals surface area contributed by atoms with E-state index in [1.807, 2.05) is 6.07 Å². The van der Waals surface area contributed by atoms with Crippen molar-refractivity contribution in [2.45, 2.75) is 25.7 Å². The van der Waals surface area contributed by atoms with Gasteiger partial charge in [-0.1, -0.05) is 152 Å². The molecule has 0 atom stereocenters. The van der Waals surface area contributed by atoms with Crippen molar-refractivity contribution in [3.63, 3.8) is 0 Å². The van der Waals surface area contributed by atoms with Gasteiger partial charge in [-0.25, -0.2) is 9.97 Å². The molecule has 3 aromatic heterocycles. The number of nitrogens with zero attached hydrogens (tertiary/aromatic N) is 3. The number of furan rings is 1. The maximum Gasteiger partial charge on any atom is 0.161 e. The van der Waals surface area contributed by atoms with Gasteiger partial charge in [-0.05, 0) is 65.8 Å². The summed E-state index contributed by atoms with van der Waals surface area (Å²) < 4.78 is 9.07. The van der Waals surface area contributed by atoms with Gasteiger partial charge in [0.25, 0.3) is 0 Å². The van der Waals surface area contributed by atoms with Crippen molar-refractivity contribution in [2.75, 3.05) is 0 Å². The molecule has 0 amide bonds. The summed E-state index contributed by atoms with van der Waals surface area (Å²) in [5.74, 6) is 1.78. The van der Waals surface area contributed by atoms with Crippen LogP contribution in [0.2, 0.25) is 0 Å². The molecule has 0 radical (unpaired) electrons. The Bertz CT molecular complexity index is 3110. The van der Waals surface area contributed by atoms with E-state index in [2.05, 4.69) is 174 Å². The Hall–Kier alpha value is -7.04. The Morgan fingerprint density at radius 3 is 1.96 bits per heavy atom. The number of aryl methyl sites for hydroxylation is 1. The van der Waals surface area contributed by atoms with Gasteiger partial charge in [-0.2, -0.15) is 0 Å². The molecule has 11 rings (SSSR count). The van der Waals surface area contributed by atoms with Gasteiger partial charge in [-0.15, -0.1) is 0 Å². The number of rotatable bonds is 6. The highest BCUT2D eigenvalue weighted by atomic mass is 16.3. The van der Waals surface area contributed by atoms with E-state index in [0.29, 0.717) is 5.82 Å². The van der Waals surface area contributed by atoms with Gasteiger partial charge >= 0.3 is 0 Å². The second kappa shape index (κ2) is 13.4. The molecule has 4 heteroatoms.